The van der Waals surface area contributed by atoms with Crippen molar-refractivity contribution >= 4 is 56.8 Å². The first-order valence-corrected chi connectivity index (χ1v) is 20.5. The van der Waals surface area contributed by atoms with E-state index in [1.165, 1.54) is 28.1 Å². The number of hydrogen-bond acceptors (Lipinski definition) is 9. The molecule has 0 saturated carbocycles. The molecule has 2 fully saturated rings. The van der Waals surface area contributed by atoms with Crippen LogP contribution in [0.2, 0.25) is 0 Å². The Balaban J connectivity index is 0.998. The van der Waals surface area contributed by atoms with Crippen LogP contribution in [0.15, 0.2) is 72.8 Å². The van der Waals surface area contributed by atoms with Gasteiger partial charge in [-0.3, -0.25) is 9.59 Å². The lowest BCUT2D eigenvalue weighted by molar-refractivity contribution is -0.140. The SMILES string of the molecule is COC(=O)N[C@H](C(=O)N1CCC[C@H]1c1nc2cc(-c3ccc4cc(-c5ccc6[nH]c([C@@H]7CCCN7C(=O)[C@@H](NC(=O)O)[C@@H](C)OC)nc6c5)ccc4c3)ccc2[nH]1)C(C)(C)O. The van der Waals surface area contributed by atoms with Crippen molar-refractivity contribution in [3.8, 4) is 22.3 Å². The van der Waals surface area contributed by atoms with Crippen molar-refractivity contribution in [3.05, 3.63) is 84.4 Å². The van der Waals surface area contributed by atoms with E-state index in [9.17, 15) is 29.4 Å². The van der Waals surface area contributed by atoms with Crippen LogP contribution in [0.3, 0.4) is 0 Å². The summed E-state index contributed by atoms with van der Waals surface area (Å²) in [7, 11) is 2.66. The lowest BCUT2D eigenvalue weighted by atomic mass is 9.97. The normalized spacial score (nSPS) is 18.4. The molecule has 2 saturated heterocycles. The second kappa shape index (κ2) is 16.5. The Morgan fingerprint density at radius 3 is 1.67 bits per heavy atom. The van der Waals surface area contributed by atoms with Crippen LogP contribution in [-0.2, 0) is 19.1 Å². The van der Waals surface area contributed by atoms with E-state index in [1.54, 1.807) is 16.7 Å². The van der Waals surface area contributed by atoms with Crippen LogP contribution >= 0.6 is 0 Å². The van der Waals surface area contributed by atoms with Crippen LogP contribution in [0.1, 0.15) is 70.2 Å². The standard InChI is InChI=1S/C45H50N8O8/c1-24(60-4)37(50-43(56)57)41(54)52-18-6-8-35(52)39-46-31-16-14-29(22-33(31)48-39)27-12-10-26-21-28(13-11-25(26)20-27)30-15-17-32-34(23-30)49-40(47-32)36-9-7-19-53(36)42(55)38(45(2,3)59)51-44(58)61-5/h10-17,20-24,35-38,50,59H,6-9,18-19H2,1-5H3,(H,46,48)(H,47,49)(H,51,58)(H,56,57)/t24-,35+,36+,37+,38-/m1/s1. The molecular formula is C45H50N8O8. The number of aromatic nitrogens is 4. The fraction of sp³-hybridized carbons (Fsp3) is 0.378. The van der Waals surface area contributed by atoms with Gasteiger partial charge in [0, 0.05) is 20.2 Å². The summed E-state index contributed by atoms with van der Waals surface area (Å²) in [5.74, 6) is 0.562. The van der Waals surface area contributed by atoms with Gasteiger partial charge in [-0.1, -0.05) is 36.4 Å². The van der Waals surface area contributed by atoms with Crippen LogP contribution in [0.4, 0.5) is 9.59 Å². The number of alkyl carbamates (subject to hydrolysis) is 1. The number of ether oxygens (including phenoxy) is 2. The average molecular weight is 831 g/mol. The molecule has 8 rings (SSSR count). The van der Waals surface area contributed by atoms with Gasteiger partial charge in [0.05, 0.1) is 53.0 Å². The summed E-state index contributed by atoms with van der Waals surface area (Å²) in [4.78, 5) is 70.8. The van der Waals surface area contributed by atoms with Crippen molar-refractivity contribution in [2.75, 3.05) is 27.3 Å². The molecule has 61 heavy (non-hydrogen) atoms. The largest absolute Gasteiger partial charge is 0.465 e. The zero-order valence-corrected chi connectivity index (χ0v) is 34.7. The van der Waals surface area contributed by atoms with Crippen LogP contribution < -0.4 is 10.6 Å². The molecule has 6 N–H and O–H groups in total. The highest BCUT2D eigenvalue weighted by Crippen LogP contribution is 2.36. The summed E-state index contributed by atoms with van der Waals surface area (Å²) in [5, 5.41) is 27.1. The highest BCUT2D eigenvalue weighted by Gasteiger charge is 2.43. The quantitative estimate of drug-likeness (QED) is 0.0843. The second-order valence-electron chi connectivity index (χ2n) is 16.5. The molecule has 2 aliphatic heterocycles. The number of amides is 4. The molecule has 0 aliphatic carbocycles. The maximum atomic E-state index is 13.7. The van der Waals surface area contributed by atoms with Gasteiger partial charge in [-0.25, -0.2) is 19.6 Å². The number of nitrogens with one attached hydrogen (secondary N) is 4. The Morgan fingerprint density at radius 2 is 1.21 bits per heavy atom. The molecule has 0 unspecified atom stereocenters. The van der Waals surface area contributed by atoms with Crippen molar-refractivity contribution in [2.45, 2.75) is 82.3 Å². The summed E-state index contributed by atoms with van der Waals surface area (Å²) in [6.45, 7) is 5.58. The number of imidazole rings is 2. The number of methoxy groups -OCH3 is 2. The monoisotopic (exact) mass is 830 g/mol. The molecule has 0 spiro atoms. The minimum Gasteiger partial charge on any atom is -0.465 e. The van der Waals surface area contributed by atoms with Crippen LogP contribution in [-0.4, -0.2) is 115 Å². The fourth-order valence-electron chi connectivity index (χ4n) is 8.67. The van der Waals surface area contributed by atoms with E-state index in [0.29, 0.717) is 37.6 Å². The lowest BCUT2D eigenvalue weighted by Crippen LogP contribution is -2.58. The van der Waals surface area contributed by atoms with Gasteiger partial charge in [-0.05, 0) is 116 Å². The van der Waals surface area contributed by atoms with Crippen molar-refractivity contribution < 1.29 is 38.9 Å². The minimum absolute atomic E-state index is 0.319. The van der Waals surface area contributed by atoms with Gasteiger partial charge >= 0.3 is 12.2 Å². The molecule has 2 aliphatic rings. The van der Waals surface area contributed by atoms with Gasteiger partial charge in [0.25, 0.3) is 0 Å². The number of carboxylic acid groups (broad SMARTS) is 1. The molecule has 4 aromatic carbocycles. The predicted molar refractivity (Wildman–Crippen MR) is 229 cm³/mol. The van der Waals surface area contributed by atoms with Crippen molar-refractivity contribution in [3.63, 3.8) is 0 Å². The van der Waals surface area contributed by atoms with Gasteiger partial charge in [-0.2, -0.15) is 0 Å². The Morgan fingerprint density at radius 1 is 0.738 bits per heavy atom. The number of carbonyl (C=O) groups is 4. The van der Waals surface area contributed by atoms with Crippen LogP contribution in [0, 0.1) is 0 Å². The molecule has 16 heteroatoms. The number of H-pyrrole nitrogens is 2. The lowest BCUT2D eigenvalue weighted by Gasteiger charge is -2.34. The maximum absolute atomic E-state index is 13.7. The third kappa shape index (κ3) is 8.20. The Bertz CT molecular complexity index is 2650. The van der Waals surface area contributed by atoms with Crippen LogP contribution in [0.25, 0.3) is 55.1 Å². The second-order valence-corrected chi connectivity index (χ2v) is 16.5. The highest BCUT2D eigenvalue weighted by atomic mass is 16.5. The zero-order chi connectivity index (χ0) is 43.2. The Kier molecular flexibility index (Phi) is 11.2. The van der Waals surface area contributed by atoms with Crippen molar-refractivity contribution in [1.82, 2.24) is 40.4 Å². The predicted octanol–water partition coefficient (Wildman–Crippen LogP) is 6.42. The van der Waals surface area contributed by atoms with Gasteiger partial charge < -0.3 is 50.1 Å². The summed E-state index contributed by atoms with van der Waals surface area (Å²) in [6, 6.07) is 21.9. The number of fused-ring (bicyclic) bond motifs is 3. The summed E-state index contributed by atoms with van der Waals surface area (Å²) in [6.07, 6.45) is 0.184. The summed E-state index contributed by atoms with van der Waals surface area (Å²) >= 11 is 0. The van der Waals surface area contributed by atoms with Crippen molar-refractivity contribution in [1.29, 1.82) is 0 Å². The first-order chi connectivity index (χ1) is 29.2. The number of rotatable bonds is 11. The summed E-state index contributed by atoms with van der Waals surface area (Å²) < 4.78 is 10.0. The molecule has 0 radical (unpaired) electrons. The van der Waals surface area contributed by atoms with Crippen LogP contribution in [0.5, 0.6) is 0 Å². The molecule has 0 bridgehead atoms. The number of benzene rings is 4. The number of aromatic amines is 2. The zero-order valence-electron chi connectivity index (χ0n) is 34.7. The topological polar surface area (TPSA) is 215 Å². The van der Waals surface area contributed by atoms with Gasteiger partial charge in [0.1, 0.15) is 23.7 Å². The van der Waals surface area contributed by atoms with E-state index in [-0.39, 0.29) is 18.0 Å². The van der Waals surface area contributed by atoms with Crippen molar-refractivity contribution in [2.24, 2.45) is 0 Å². The summed E-state index contributed by atoms with van der Waals surface area (Å²) in [5.41, 5.74) is 5.73. The number of likely N-dealkylation sites (tertiary alicyclic amines) is 2. The molecule has 5 atom stereocenters. The number of nitrogens with zero attached hydrogens (tertiary/aromatic N) is 4. The van der Waals surface area contributed by atoms with E-state index in [1.807, 2.05) is 36.4 Å². The van der Waals surface area contributed by atoms with Gasteiger partial charge in [-0.15, -0.1) is 0 Å². The average Bonchev–Trinajstić information content (AvgIpc) is 4.08. The molecule has 4 heterocycles. The molecular weight excluding hydrogens is 781 g/mol. The molecule has 6 aromatic rings. The smallest absolute Gasteiger partial charge is 0.407 e. The molecule has 4 amide bonds. The van der Waals surface area contributed by atoms with E-state index in [0.717, 1.165) is 67.9 Å². The number of aliphatic hydroxyl groups is 1. The van der Waals surface area contributed by atoms with E-state index >= 15 is 0 Å². The van der Waals surface area contributed by atoms with E-state index in [4.69, 9.17) is 19.4 Å². The minimum atomic E-state index is -1.52. The maximum Gasteiger partial charge on any atom is 0.407 e. The number of carbonyl (C=O) groups excluding carboxylic acids is 3. The first kappa shape index (κ1) is 41.2. The van der Waals surface area contributed by atoms with E-state index in [2.05, 4.69) is 57.0 Å². The first-order valence-electron chi connectivity index (χ1n) is 20.5. The molecule has 2 aromatic heterocycles. The van der Waals surface area contributed by atoms with Gasteiger partial charge in [0.2, 0.25) is 11.8 Å². The third-order valence-electron chi connectivity index (χ3n) is 12.0. The van der Waals surface area contributed by atoms with Gasteiger partial charge in [0.15, 0.2) is 0 Å². The third-order valence-corrected chi connectivity index (χ3v) is 12.0. The molecule has 16 nitrogen and oxygen atoms in total. The Labute approximate surface area is 351 Å². The fourth-order valence-corrected chi connectivity index (χ4v) is 8.67. The highest BCUT2D eigenvalue weighted by molar-refractivity contribution is 5.93. The number of hydrogen-bond donors (Lipinski definition) is 6. The van der Waals surface area contributed by atoms with E-state index < -0.39 is 41.9 Å². The Hall–Kier alpha value is -6.52. The molecule has 318 valence electrons.